The van der Waals surface area contributed by atoms with Crippen LogP contribution in [0.4, 0.5) is 11.5 Å². The topological polar surface area (TPSA) is 145 Å². The Morgan fingerprint density at radius 2 is 1.97 bits per heavy atom. The van der Waals surface area contributed by atoms with E-state index in [1.165, 1.54) is 24.7 Å². The molecular formula is C24H21N5O7. The zero-order chi connectivity index (χ0) is 25.2. The maximum atomic E-state index is 12.5. The number of carbonyl (C=O) groups is 1. The molecule has 0 atom stereocenters. The van der Waals surface area contributed by atoms with Crippen LogP contribution in [0.2, 0.25) is 0 Å². The molecule has 5 rings (SSSR count). The van der Waals surface area contributed by atoms with Crippen molar-refractivity contribution in [1.29, 1.82) is 0 Å². The highest BCUT2D eigenvalue weighted by Gasteiger charge is 2.32. The van der Waals surface area contributed by atoms with E-state index >= 15 is 0 Å². The van der Waals surface area contributed by atoms with E-state index in [4.69, 9.17) is 13.6 Å². The molecule has 1 amide bonds. The van der Waals surface area contributed by atoms with Gasteiger partial charge < -0.3 is 23.4 Å². The Bertz CT molecular complexity index is 1490. The molecule has 1 saturated heterocycles. The number of furan rings is 1. The number of hydrogen-bond acceptors (Lipinski definition) is 10. The monoisotopic (exact) mass is 491 g/mol. The molecule has 4 aromatic rings. The molecule has 1 aliphatic heterocycles. The summed E-state index contributed by atoms with van der Waals surface area (Å²) in [5, 5.41) is 12.8. The summed E-state index contributed by atoms with van der Waals surface area (Å²) in [6.45, 7) is 3.24. The third kappa shape index (κ3) is 4.35. The minimum atomic E-state index is -0.596. The van der Waals surface area contributed by atoms with Gasteiger partial charge in [-0.25, -0.2) is 9.78 Å². The highest BCUT2D eigenvalue weighted by molar-refractivity contribution is 5.91. The van der Waals surface area contributed by atoms with Gasteiger partial charge in [0.1, 0.15) is 17.7 Å². The van der Waals surface area contributed by atoms with Crippen LogP contribution >= 0.6 is 0 Å². The first-order valence-electron chi connectivity index (χ1n) is 11.3. The van der Waals surface area contributed by atoms with Crippen LogP contribution in [0.5, 0.6) is 11.6 Å². The molecule has 0 N–H and O–H groups in total. The van der Waals surface area contributed by atoms with Gasteiger partial charge in [-0.15, -0.1) is 0 Å². The number of aryl methyl sites for hydroxylation is 1. The van der Waals surface area contributed by atoms with Gasteiger partial charge in [-0.1, -0.05) is 6.92 Å². The molecule has 0 spiro atoms. The third-order valence-electron chi connectivity index (χ3n) is 5.95. The molecule has 0 unspecified atom stereocenters. The second-order valence-electron chi connectivity index (χ2n) is 8.07. The van der Waals surface area contributed by atoms with Crippen molar-refractivity contribution in [2.45, 2.75) is 13.3 Å². The lowest BCUT2D eigenvalue weighted by Crippen LogP contribution is -2.49. The minimum absolute atomic E-state index is 0.0932. The number of nitrogens with zero attached hydrogens (tertiary/aromatic N) is 5. The van der Waals surface area contributed by atoms with E-state index in [9.17, 15) is 19.7 Å². The first kappa shape index (κ1) is 23.0. The van der Waals surface area contributed by atoms with E-state index in [-0.39, 0.29) is 29.1 Å². The summed E-state index contributed by atoms with van der Waals surface area (Å²) in [6, 6.07) is 9.53. The number of ether oxygens (including phenoxy) is 1. The van der Waals surface area contributed by atoms with Crippen molar-refractivity contribution in [1.82, 2.24) is 14.9 Å². The van der Waals surface area contributed by atoms with E-state index < -0.39 is 16.2 Å². The summed E-state index contributed by atoms with van der Waals surface area (Å²) in [5.41, 5.74) is 0.252. The van der Waals surface area contributed by atoms with Crippen molar-refractivity contribution in [2.24, 2.45) is 0 Å². The van der Waals surface area contributed by atoms with Crippen LogP contribution in [0.1, 0.15) is 23.0 Å². The first-order chi connectivity index (χ1) is 17.4. The molecule has 1 aromatic carbocycles. The van der Waals surface area contributed by atoms with E-state index in [0.29, 0.717) is 38.2 Å². The van der Waals surface area contributed by atoms with Crippen molar-refractivity contribution in [2.75, 3.05) is 31.1 Å². The van der Waals surface area contributed by atoms with Crippen LogP contribution in [0.25, 0.3) is 11.0 Å². The molecule has 1 aliphatic rings. The van der Waals surface area contributed by atoms with Gasteiger partial charge in [0.25, 0.3) is 5.91 Å². The number of benzene rings is 1. The van der Waals surface area contributed by atoms with Crippen LogP contribution < -0.4 is 15.3 Å². The van der Waals surface area contributed by atoms with Crippen molar-refractivity contribution >= 4 is 28.4 Å². The molecule has 184 valence electrons. The Balaban J connectivity index is 1.40. The highest BCUT2D eigenvalue weighted by atomic mass is 16.6. The van der Waals surface area contributed by atoms with Gasteiger partial charge in [-0.2, -0.15) is 4.98 Å². The number of rotatable bonds is 6. The van der Waals surface area contributed by atoms with Gasteiger partial charge in [0.2, 0.25) is 5.82 Å². The summed E-state index contributed by atoms with van der Waals surface area (Å²) < 4.78 is 16.2. The van der Waals surface area contributed by atoms with Crippen molar-refractivity contribution in [3.05, 3.63) is 80.8 Å². The fourth-order valence-electron chi connectivity index (χ4n) is 4.18. The summed E-state index contributed by atoms with van der Waals surface area (Å²) in [4.78, 5) is 47.3. The number of anilines is 1. The van der Waals surface area contributed by atoms with Gasteiger partial charge >= 0.3 is 17.2 Å². The maximum Gasteiger partial charge on any atom is 0.373 e. The number of nitro groups is 1. The molecule has 0 bridgehead atoms. The Labute approximate surface area is 203 Å². The lowest BCUT2D eigenvalue weighted by molar-refractivity contribution is -0.385. The van der Waals surface area contributed by atoms with Crippen LogP contribution in [0.15, 0.2) is 62.6 Å². The second-order valence-corrected chi connectivity index (χ2v) is 8.07. The van der Waals surface area contributed by atoms with Crippen LogP contribution in [-0.4, -0.2) is 51.9 Å². The molecule has 36 heavy (non-hydrogen) atoms. The number of carbonyl (C=O) groups excluding carboxylic acids is 1. The van der Waals surface area contributed by atoms with Crippen LogP contribution in [-0.2, 0) is 6.42 Å². The lowest BCUT2D eigenvalue weighted by Gasteiger charge is -2.34. The molecule has 0 radical (unpaired) electrons. The molecule has 0 aliphatic carbocycles. The fourth-order valence-corrected chi connectivity index (χ4v) is 4.18. The predicted octanol–water partition coefficient (Wildman–Crippen LogP) is 3.40. The van der Waals surface area contributed by atoms with Gasteiger partial charge in [0.05, 0.1) is 11.2 Å². The summed E-state index contributed by atoms with van der Waals surface area (Å²) in [7, 11) is 0. The molecule has 0 saturated carbocycles. The van der Waals surface area contributed by atoms with E-state index in [1.54, 1.807) is 34.1 Å². The zero-order valence-electron chi connectivity index (χ0n) is 19.2. The normalized spacial score (nSPS) is 13.7. The molecule has 3 aromatic heterocycles. The molecule has 12 nitrogen and oxygen atoms in total. The second kappa shape index (κ2) is 9.49. The lowest BCUT2D eigenvalue weighted by atomic mass is 10.1. The minimum Gasteiger partial charge on any atom is -0.459 e. The van der Waals surface area contributed by atoms with E-state index in [0.717, 1.165) is 10.9 Å². The first-order valence-corrected chi connectivity index (χ1v) is 11.3. The number of fused-ring (bicyclic) bond motifs is 1. The van der Waals surface area contributed by atoms with Crippen LogP contribution in [0, 0.1) is 10.1 Å². The predicted molar refractivity (Wildman–Crippen MR) is 127 cm³/mol. The fraction of sp³-hybridized carbons (Fsp3) is 0.250. The van der Waals surface area contributed by atoms with E-state index in [1.807, 2.05) is 6.92 Å². The number of aromatic nitrogens is 2. The number of piperazine rings is 1. The highest BCUT2D eigenvalue weighted by Crippen LogP contribution is 2.37. The van der Waals surface area contributed by atoms with Gasteiger partial charge in [-0.05, 0) is 36.2 Å². The largest absolute Gasteiger partial charge is 0.459 e. The van der Waals surface area contributed by atoms with Crippen molar-refractivity contribution in [3.8, 4) is 11.6 Å². The van der Waals surface area contributed by atoms with Crippen molar-refractivity contribution < 1.29 is 23.3 Å². The summed E-state index contributed by atoms with van der Waals surface area (Å²) in [6.07, 6.45) is 3.26. The standard InChI is InChI=1S/C24H21N5O7/c1-2-15-12-20(30)36-19-13-16(5-6-17(15)19)35-23-21(29(32)33)22(25-14-26-23)27-7-9-28(10-8-27)24(31)18-4-3-11-34-18/h3-6,11-14H,2,7-10H2,1H3. The quantitative estimate of drug-likeness (QED) is 0.223. The zero-order valence-corrected chi connectivity index (χ0v) is 19.2. The Morgan fingerprint density at radius 3 is 2.67 bits per heavy atom. The molecule has 4 heterocycles. The molecule has 12 heteroatoms. The Hall–Kier alpha value is -4.74. The number of amides is 1. The summed E-state index contributed by atoms with van der Waals surface area (Å²) in [5.74, 6) is 0.0723. The summed E-state index contributed by atoms with van der Waals surface area (Å²) >= 11 is 0. The molecular weight excluding hydrogens is 470 g/mol. The SMILES string of the molecule is CCc1cc(=O)oc2cc(Oc3ncnc(N4CCN(C(=O)c5ccco5)CC4)c3[N+](=O)[O-])ccc12. The number of hydrogen-bond donors (Lipinski definition) is 0. The average Bonchev–Trinajstić information content (AvgIpc) is 3.42. The van der Waals surface area contributed by atoms with Crippen molar-refractivity contribution in [3.63, 3.8) is 0 Å². The average molecular weight is 491 g/mol. The Morgan fingerprint density at radius 1 is 1.17 bits per heavy atom. The maximum absolute atomic E-state index is 12.5. The smallest absolute Gasteiger partial charge is 0.373 e. The van der Waals surface area contributed by atoms with E-state index in [2.05, 4.69) is 9.97 Å². The van der Waals surface area contributed by atoms with Gasteiger partial charge in [-0.3, -0.25) is 14.9 Å². The van der Waals surface area contributed by atoms with Gasteiger partial charge in [0, 0.05) is 43.7 Å². The Kier molecular flexibility index (Phi) is 6.07. The van der Waals surface area contributed by atoms with Gasteiger partial charge in [0.15, 0.2) is 5.76 Å². The van der Waals surface area contributed by atoms with Crippen LogP contribution in [0.3, 0.4) is 0 Å². The molecule has 1 fully saturated rings. The third-order valence-corrected chi connectivity index (χ3v) is 5.95.